The Hall–Kier alpha value is -2.07. The van der Waals surface area contributed by atoms with Crippen LogP contribution in [0, 0.1) is 18.7 Å². The molecule has 2 aromatic carbocycles. The molecule has 1 amide bonds. The number of aryl methyl sites for hydroxylation is 1. The zero-order valence-corrected chi connectivity index (χ0v) is 22.8. The van der Waals surface area contributed by atoms with Gasteiger partial charge in [0.1, 0.15) is 17.5 Å². The fourth-order valence-electron chi connectivity index (χ4n) is 5.75. The van der Waals surface area contributed by atoms with Gasteiger partial charge in [-0.1, -0.05) is 35.4 Å². The van der Waals surface area contributed by atoms with Gasteiger partial charge < -0.3 is 30.3 Å². The van der Waals surface area contributed by atoms with E-state index in [2.05, 4.69) is 0 Å². The molecular weight excluding hydrogens is 511 g/mol. The molecule has 1 heterocycles. The Labute approximate surface area is 228 Å². The summed E-state index contributed by atoms with van der Waals surface area (Å²) < 4.78 is 26.5. The topological polar surface area (TPSA) is 105 Å². The van der Waals surface area contributed by atoms with Gasteiger partial charge >= 0.3 is 0 Å². The Bertz CT molecular complexity index is 1120. The maximum absolute atomic E-state index is 15.1. The summed E-state index contributed by atoms with van der Waals surface area (Å²) in [5.74, 6) is -0.899. The summed E-state index contributed by atoms with van der Waals surface area (Å²) in [5, 5.41) is 22.8. The normalized spacial score (nSPS) is 25.4. The number of methoxy groups -OCH3 is 1. The van der Waals surface area contributed by atoms with Gasteiger partial charge in [-0.15, -0.1) is 0 Å². The first kappa shape index (κ1) is 28.9. The highest BCUT2D eigenvalue weighted by molar-refractivity contribution is 6.33. The van der Waals surface area contributed by atoms with Crippen LogP contribution in [0.4, 0.5) is 4.39 Å². The van der Waals surface area contributed by atoms with Crippen LogP contribution in [0.5, 0.6) is 0 Å². The molecule has 1 saturated heterocycles. The van der Waals surface area contributed by atoms with Gasteiger partial charge in [-0.2, -0.15) is 0 Å². The van der Waals surface area contributed by atoms with E-state index in [9.17, 15) is 15.0 Å². The molecule has 9 heteroatoms. The minimum Gasteiger partial charge on any atom is -0.391 e. The van der Waals surface area contributed by atoms with Crippen LogP contribution < -0.4 is 5.73 Å². The molecule has 2 fully saturated rings. The van der Waals surface area contributed by atoms with Gasteiger partial charge in [0.25, 0.3) is 0 Å². The minimum absolute atomic E-state index is 0.0944. The summed E-state index contributed by atoms with van der Waals surface area (Å²) in [5.41, 5.74) is 6.44. The number of amides is 1. The molecule has 0 unspecified atom stereocenters. The molecule has 0 aromatic heterocycles. The van der Waals surface area contributed by atoms with Crippen molar-refractivity contribution in [2.24, 2.45) is 11.7 Å². The lowest BCUT2D eigenvalue weighted by Crippen LogP contribution is -2.55. The number of unbranched alkanes of at least 4 members (excludes halogenated alkanes) is 1. The van der Waals surface area contributed by atoms with Crippen molar-refractivity contribution in [2.45, 2.75) is 62.9 Å². The molecular formula is C29H38ClFN2O5. The third-order valence-electron chi connectivity index (χ3n) is 7.86. The molecule has 5 atom stereocenters. The van der Waals surface area contributed by atoms with E-state index in [1.165, 1.54) is 6.07 Å². The molecule has 38 heavy (non-hydrogen) atoms. The number of morpholine rings is 1. The number of nitrogens with zero attached hydrogens (tertiary/aromatic N) is 1. The quantitative estimate of drug-likeness (QED) is 0.412. The van der Waals surface area contributed by atoms with Crippen LogP contribution in [0.2, 0.25) is 5.02 Å². The highest BCUT2D eigenvalue weighted by Crippen LogP contribution is 2.44. The molecule has 0 bridgehead atoms. The zero-order chi connectivity index (χ0) is 27.4. The Morgan fingerprint density at radius 3 is 2.79 bits per heavy atom. The van der Waals surface area contributed by atoms with Gasteiger partial charge in [-0.25, -0.2) is 4.39 Å². The van der Waals surface area contributed by atoms with Crippen molar-refractivity contribution in [3.8, 4) is 11.1 Å². The Kier molecular flexibility index (Phi) is 9.44. The number of rotatable bonds is 9. The summed E-state index contributed by atoms with van der Waals surface area (Å²) in [4.78, 5) is 15.1. The van der Waals surface area contributed by atoms with E-state index in [4.69, 9.17) is 26.8 Å². The number of nitrogens with two attached hydrogens (primary N) is 1. The average molecular weight is 549 g/mol. The third-order valence-corrected chi connectivity index (χ3v) is 8.18. The van der Waals surface area contributed by atoms with Gasteiger partial charge in [0.05, 0.1) is 19.3 Å². The van der Waals surface area contributed by atoms with E-state index >= 15 is 4.39 Å². The van der Waals surface area contributed by atoms with E-state index in [0.717, 1.165) is 5.56 Å². The molecule has 1 aliphatic heterocycles. The summed E-state index contributed by atoms with van der Waals surface area (Å²) in [6.45, 7) is 3.18. The number of aliphatic hydroxyl groups excluding tert-OH is 1. The third kappa shape index (κ3) is 6.06. The molecule has 0 spiro atoms. The van der Waals surface area contributed by atoms with Crippen LogP contribution in [0.3, 0.4) is 0 Å². The number of benzene rings is 2. The Morgan fingerprint density at radius 1 is 1.29 bits per heavy atom. The van der Waals surface area contributed by atoms with Gasteiger partial charge in [0, 0.05) is 48.4 Å². The zero-order valence-electron chi connectivity index (χ0n) is 22.0. The van der Waals surface area contributed by atoms with E-state index < -0.39 is 29.7 Å². The van der Waals surface area contributed by atoms with Crippen molar-refractivity contribution in [1.29, 1.82) is 0 Å². The first-order chi connectivity index (χ1) is 18.2. The van der Waals surface area contributed by atoms with E-state index in [0.29, 0.717) is 67.0 Å². The fourth-order valence-corrected chi connectivity index (χ4v) is 6.02. The molecule has 1 aliphatic carbocycles. The van der Waals surface area contributed by atoms with E-state index in [1.807, 2.05) is 6.92 Å². The van der Waals surface area contributed by atoms with Gasteiger partial charge in [0.15, 0.2) is 0 Å². The lowest BCUT2D eigenvalue weighted by atomic mass is 9.78. The second-order valence-electron chi connectivity index (χ2n) is 10.6. The molecule has 7 nitrogen and oxygen atoms in total. The average Bonchev–Trinajstić information content (AvgIpc) is 3.25. The summed E-state index contributed by atoms with van der Waals surface area (Å²) in [7, 11) is 1.63. The molecule has 0 radical (unpaired) electrons. The highest BCUT2D eigenvalue weighted by Gasteiger charge is 2.46. The van der Waals surface area contributed by atoms with Crippen molar-refractivity contribution in [1.82, 2.24) is 4.90 Å². The molecule has 4 N–H and O–H groups in total. The smallest absolute Gasteiger partial charge is 0.226 e. The molecule has 1 saturated carbocycles. The van der Waals surface area contributed by atoms with Crippen LogP contribution in [0.15, 0.2) is 36.4 Å². The van der Waals surface area contributed by atoms with Crippen LogP contribution in [-0.4, -0.2) is 72.7 Å². The standard InChI is InChI=1S/C29H38ClFN2O5/c1-18-8-9-23(31)20(14-18)27-21(6-5-7-22(27)30)29(36,10-3-4-12-37-2)26-17-33(11-13-38-26)28(35)19-15-24(32)25(34)16-19/h5-9,14,19,24-26,34,36H,3-4,10-13,15-17,32H2,1-2H3/t19-,24+,25-,26+,29+/m0/s1. The van der Waals surface area contributed by atoms with Crippen molar-refractivity contribution in [3.05, 3.63) is 58.4 Å². The monoisotopic (exact) mass is 548 g/mol. The molecule has 208 valence electrons. The number of aliphatic hydroxyl groups is 2. The molecule has 2 aliphatic rings. The molecule has 2 aromatic rings. The van der Waals surface area contributed by atoms with Crippen LogP contribution >= 0.6 is 11.6 Å². The highest BCUT2D eigenvalue weighted by atomic mass is 35.5. The largest absolute Gasteiger partial charge is 0.391 e. The predicted molar refractivity (Wildman–Crippen MR) is 144 cm³/mol. The van der Waals surface area contributed by atoms with Gasteiger partial charge in [-0.3, -0.25) is 4.79 Å². The summed E-state index contributed by atoms with van der Waals surface area (Å²) >= 11 is 6.67. The maximum atomic E-state index is 15.1. The van der Waals surface area contributed by atoms with Crippen molar-refractivity contribution in [3.63, 3.8) is 0 Å². The van der Waals surface area contributed by atoms with Crippen LogP contribution in [0.1, 0.15) is 43.2 Å². The summed E-state index contributed by atoms with van der Waals surface area (Å²) in [6.07, 6.45) is 0.911. The number of hydrogen-bond donors (Lipinski definition) is 3. The summed E-state index contributed by atoms with van der Waals surface area (Å²) in [6, 6.07) is 9.56. The maximum Gasteiger partial charge on any atom is 0.226 e. The van der Waals surface area contributed by atoms with E-state index in [1.54, 1.807) is 42.3 Å². The SMILES string of the molecule is COCCCC[C@@](O)(c1cccc(Cl)c1-c1cc(C)ccc1F)[C@H]1CN(C(=O)[C@H]2C[C@@H](N)[C@@H](O)C2)CCO1. The lowest BCUT2D eigenvalue weighted by Gasteiger charge is -2.44. The lowest BCUT2D eigenvalue weighted by molar-refractivity contribution is -0.167. The number of carbonyl (C=O) groups excluding carboxylic acids is 1. The van der Waals surface area contributed by atoms with E-state index in [-0.39, 0.29) is 25.0 Å². The first-order valence-electron chi connectivity index (χ1n) is 13.3. The predicted octanol–water partition coefficient (Wildman–Crippen LogP) is 3.78. The van der Waals surface area contributed by atoms with Crippen LogP contribution in [-0.2, 0) is 19.9 Å². The number of halogens is 2. The minimum atomic E-state index is -1.56. The fraction of sp³-hybridized carbons (Fsp3) is 0.552. The number of carbonyl (C=O) groups is 1. The first-order valence-corrected chi connectivity index (χ1v) is 13.6. The Balaban J connectivity index is 1.71. The number of hydrogen-bond acceptors (Lipinski definition) is 6. The van der Waals surface area contributed by atoms with Crippen molar-refractivity contribution in [2.75, 3.05) is 33.4 Å². The Morgan fingerprint density at radius 2 is 2.08 bits per heavy atom. The van der Waals surface area contributed by atoms with Crippen molar-refractivity contribution >= 4 is 17.5 Å². The van der Waals surface area contributed by atoms with Gasteiger partial charge in [-0.05, 0) is 62.8 Å². The van der Waals surface area contributed by atoms with Crippen LogP contribution in [0.25, 0.3) is 11.1 Å². The second kappa shape index (κ2) is 12.4. The second-order valence-corrected chi connectivity index (χ2v) is 11.0. The van der Waals surface area contributed by atoms with Crippen molar-refractivity contribution < 1.29 is 28.9 Å². The number of ether oxygens (including phenoxy) is 2. The molecule has 4 rings (SSSR count). The van der Waals surface area contributed by atoms with Gasteiger partial charge in [0.2, 0.25) is 5.91 Å².